The second kappa shape index (κ2) is 11.2. The fraction of sp³-hybridized carbons (Fsp3) is 0.286. The summed E-state index contributed by atoms with van der Waals surface area (Å²) < 4.78 is 5.80. The number of nitrogens with one attached hydrogen (secondary N) is 1. The number of aromatic carboxylic acids is 1. The summed E-state index contributed by atoms with van der Waals surface area (Å²) in [5.41, 5.74) is 1.87. The van der Waals surface area contributed by atoms with Crippen molar-refractivity contribution in [3.8, 4) is 11.5 Å². The van der Waals surface area contributed by atoms with Crippen LogP contribution in [0.4, 0.5) is 5.69 Å². The molecule has 1 aliphatic rings. The Labute approximate surface area is 205 Å². The number of hydrogen-bond acceptors (Lipinski definition) is 5. The van der Waals surface area contributed by atoms with Crippen molar-refractivity contribution in [1.82, 2.24) is 9.80 Å². The van der Waals surface area contributed by atoms with Gasteiger partial charge in [0.1, 0.15) is 11.5 Å². The molecule has 1 heterocycles. The minimum atomic E-state index is -0.906. The first-order valence-electron chi connectivity index (χ1n) is 11.8. The molecule has 1 amide bonds. The molecule has 2 unspecified atom stereocenters. The summed E-state index contributed by atoms with van der Waals surface area (Å²) in [5, 5.41) is 12.5. The number of benzene rings is 3. The van der Waals surface area contributed by atoms with Crippen molar-refractivity contribution in [3.63, 3.8) is 0 Å². The Bertz CT molecular complexity index is 1150. The van der Waals surface area contributed by atoms with Gasteiger partial charge in [-0.05, 0) is 61.9 Å². The largest absolute Gasteiger partial charge is 0.478 e. The second-order valence-electron chi connectivity index (χ2n) is 9.01. The van der Waals surface area contributed by atoms with E-state index in [4.69, 9.17) is 4.74 Å². The molecule has 35 heavy (non-hydrogen) atoms. The molecule has 0 aromatic heterocycles. The molecule has 3 aromatic rings. The SMILES string of the molecule is CC1CN(Cc2ccccc2C(=O)O)C(C)CN1CC(=O)Nc1ccc(Oc2ccccc2)cc1. The minimum Gasteiger partial charge on any atom is -0.478 e. The Kier molecular flexibility index (Phi) is 7.80. The third-order valence-corrected chi connectivity index (χ3v) is 6.33. The Morgan fingerprint density at radius 1 is 0.857 bits per heavy atom. The smallest absolute Gasteiger partial charge is 0.336 e. The molecule has 1 saturated heterocycles. The van der Waals surface area contributed by atoms with Crippen molar-refractivity contribution in [3.05, 3.63) is 90.0 Å². The van der Waals surface area contributed by atoms with Crippen molar-refractivity contribution in [2.45, 2.75) is 32.5 Å². The number of amides is 1. The predicted octanol–water partition coefficient (Wildman–Crippen LogP) is 4.71. The first kappa shape index (κ1) is 24.4. The van der Waals surface area contributed by atoms with Crippen LogP contribution in [0.5, 0.6) is 11.5 Å². The number of hydrogen-bond donors (Lipinski definition) is 2. The summed E-state index contributed by atoms with van der Waals surface area (Å²) in [7, 11) is 0. The Morgan fingerprint density at radius 2 is 1.46 bits per heavy atom. The van der Waals surface area contributed by atoms with E-state index in [9.17, 15) is 14.7 Å². The second-order valence-corrected chi connectivity index (χ2v) is 9.01. The molecule has 7 nitrogen and oxygen atoms in total. The average molecular weight is 474 g/mol. The maximum absolute atomic E-state index is 12.7. The number of carbonyl (C=O) groups excluding carboxylic acids is 1. The van der Waals surface area contributed by atoms with E-state index in [1.54, 1.807) is 12.1 Å². The van der Waals surface area contributed by atoms with E-state index in [0.717, 1.165) is 30.1 Å². The highest BCUT2D eigenvalue weighted by molar-refractivity contribution is 5.92. The van der Waals surface area contributed by atoms with Crippen LogP contribution >= 0.6 is 0 Å². The van der Waals surface area contributed by atoms with E-state index in [1.807, 2.05) is 66.7 Å². The van der Waals surface area contributed by atoms with E-state index < -0.39 is 5.97 Å². The zero-order valence-corrected chi connectivity index (χ0v) is 20.1. The van der Waals surface area contributed by atoms with Crippen LogP contribution in [0.15, 0.2) is 78.9 Å². The van der Waals surface area contributed by atoms with E-state index in [-0.39, 0.29) is 18.0 Å². The molecule has 0 saturated carbocycles. The minimum absolute atomic E-state index is 0.0644. The number of carboxylic acid groups (broad SMARTS) is 1. The summed E-state index contributed by atoms with van der Waals surface area (Å²) >= 11 is 0. The quantitative estimate of drug-likeness (QED) is 0.493. The van der Waals surface area contributed by atoms with Crippen LogP contribution in [-0.2, 0) is 11.3 Å². The number of rotatable bonds is 8. The van der Waals surface area contributed by atoms with Crippen molar-refractivity contribution < 1.29 is 19.4 Å². The number of piperazine rings is 1. The number of anilines is 1. The first-order valence-corrected chi connectivity index (χ1v) is 11.8. The number of carbonyl (C=O) groups is 2. The summed E-state index contributed by atoms with van der Waals surface area (Å²) in [6.07, 6.45) is 0. The maximum atomic E-state index is 12.7. The number of nitrogens with zero attached hydrogens (tertiary/aromatic N) is 2. The highest BCUT2D eigenvalue weighted by Gasteiger charge is 2.30. The van der Waals surface area contributed by atoms with Gasteiger partial charge in [0.05, 0.1) is 12.1 Å². The molecule has 7 heteroatoms. The summed E-state index contributed by atoms with van der Waals surface area (Å²) in [6, 6.07) is 24.4. The zero-order chi connectivity index (χ0) is 24.8. The van der Waals surface area contributed by atoms with Gasteiger partial charge in [-0.1, -0.05) is 36.4 Å². The van der Waals surface area contributed by atoms with Crippen LogP contribution in [0, 0.1) is 0 Å². The van der Waals surface area contributed by atoms with Crippen LogP contribution in [0.1, 0.15) is 29.8 Å². The van der Waals surface area contributed by atoms with Crippen LogP contribution in [0.25, 0.3) is 0 Å². The molecule has 0 radical (unpaired) electrons. The fourth-order valence-corrected chi connectivity index (χ4v) is 4.41. The van der Waals surface area contributed by atoms with Gasteiger partial charge in [-0.3, -0.25) is 14.6 Å². The van der Waals surface area contributed by atoms with E-state index >= 15 is 0 Å². The van der Waals surface area contributed by atoms with Gasteiger partial charge in [-0.15, -0.1) is 0 Å². The van der Waals surface area contributed by atoms with E-state index in [0.29, 0.717) is 24.4 Å². The summed E-state index contributed by atoms with van der Waals surface area (Å²) in [5.74, 6) is 0.497. The molecule has 2 N–H and O–H groups in total. The molecule has 3 aromatic carbocycles. The van der Waals surface area contributed by atoms with Gasteiger partial charge in [0.15, 0.2) is 0 Å². The average Bonchev–Trinajstić information content (AvgIpc) is 2.84. The van der Waals surface area contributed by atoms with Gasteiger partial charge >= 0.3 is 5.97 Å². The third-order valence-electron chi connectivity index (χ3n) is 6.33. The lowest BCUT2D eigenvalue weighted by Gasteiger charge is -2.44. The number of ether oxygens (including phenoxy) is 1. The molecule has 0 bridgehead atoms. The number of carboxylic acids is 1. The zero-order valence-electron chi connectivity index (χ0n) is 20.1. The van der Waals surface area contributed by atoms with E-state index in [1.165, 1.54) is 0 Å². The normalized spacial score (nSPS) is 18.7. The summed E-state index contributed by atoms with van der Waals surface area (Å²) in [4.78, 5) is 28.8. The lowest BCUT2D eigenvalue weighted by atomic mass is 10.0. The lowest BCUT2D eigenvalue weighted by molar-refractivity contribution is -0.118. The van der Waals surface area contributed by atoms with Crippen LogP contribution in [0.2, 0.25) is 0 Å². The lowest BCUT2D eigenvalue weighted by Crippen LogP contribution is -2.57. The standard InChI is InChI=1S/C28H31N3O4/c1-20-17-31(21(2)16-30(20)18-22-8-6-7-11-26(22)28(33)34)19-27(32)29-23-12-14-25(15-13-23)35-24-9-4-3-5-10-24/h3-15,20-21H,16-19H2,1-2H3,(H,29,32)(H,33,34). The highest BCUT2D eigenvalue weighted by atomic mass is 16.5. The van der Waals surface area contributed by atoms with Gasteiger partial charge in [0, 0.05) is 37.4 Å². The van der Waals surface area contributed by atoms with Gasteiger partial charge in [0.25, 0.3) is 0 Å². The number of para-hydroxylation sites is 1. The predicted molar refractivity (Wildman–Crippen MR) is 136 cm³/mol. The van der Waals surface area contributed by atoms with Gasteiger partial charge in [-0.25, -0.2) is 4.79 Å². The molecule has 0 spiro atoms. The van der Waals surface area contributed by atoms with Crippen molar-refractivity contribution in [1.29, 1.82) is 0 Å². The highest BCUT2D eigenvalue weighted by Crippen LogP contribution is 2.23. The van der Waals surface area contributed by atoms with Crippen LogP contribution in [0.3, 0.4) is 0 Å². The topological polar surface area (TPSA) is 82.1 Å². The fourth-order valence-electron chi connectivity index (χ4n) is 4.41. The Hall–Kier alpha value is -3.68. The molecule has 1 fully saturated rings. The van der Waals surface area contributed by atoms with Crippen molar-refractivity contribution in [2.24, 2.45) is 0 Å². The van der Waals surface area contributed by atoms with E-state index in [2.05, 4.69) is 29.0 Å². The van der Waals surface area contributed by atoms with Crippen molar-refractivity contribution >= 4 is 17.6 Å². The molecule has 182 valence electrons. The van der Waals surface area contributed by atoms with Crippen molar-refractivity contribution in [2.75, 3.05) is 25.0 Å². The van der Waals surface area contributed by atoms with Gasteiger partial charge in [-0.2, -0.15) is 0 Å². The maximum Gasteiger partial charge on any atom is 0.336 e. The molecule has 0 aliphatic carbocycles. The van der Waals surface area contributed by atoms with Gasteiger partial charge < -0.3 is 15.2 Å². The third kappa shape index (κ3) is 6.47. The molecule has 4 rings (SSSR count). The summed E-state index contributed by atoms with van der Waals surface area (Å²) in [6.45, 7) is 6.58. The molecular weight excluding hydrogens is 442 g/mol. The Morgan fingerprint density at radius 3 is 2.17 bits per heavy atom. The van der Waals surface area contributed by atoms with Gasteiger partial charge in [0.2, 0.25) is 5.91 Å². The molecule has 1 aliphatic heterocycles. The monoisotopic (exact) mass is 473 g/mol. The Balaban J connectivity index is 1.30. The van der Waals surface area contributed by atoms with Crippen LogP contribution in [-0.4, -0.2) is 58.5 Å². The first-order chi connectivity index (χ1) is 16.9. The molecular formula is C28H31N3O4. The molecule has 2 atom stereocenters. The van der Waals surface area contributed by atoms with Crippen LogP contribution < -0.4 is 10.1 Å².